The summed E-state index contributed by atoms with van der Waals surface area (Å²) in [6.07, 6.45) is 3.91. The predicted molar refractivity (Wildman–Crippen MR) is 84.0 cm³/mol. The quantitative estimate of drug-likeness (QED) is 0.861. The SMILES string of the molecule is CC(C)NC1c2cc3c(cc2SC(C)C1C)CCC3. The van der Waals surface area contributed by atoms with Crippen molar-refractivity contribution in [3.63, 3.8) is 0 Å². The van der Waals surface area contributed by atoms with Gasteiger partial charge < -0.3 is 5.32 Å². The molecule has 1 heterocycles. The molecule has 1 aromatic carbocycles. The summed E-state index contributed by atoms with van der Waals surface area (Å²) in [5, 5.41) is 4.49. The van der Waals surface area contributed by atoms with Crippen LogP contribution in [0.25, 0.3) is 0 Å². The first-order valence-corrected chi connectivity index (χ1v) is 8.52. The number of thioether (sulfide) groups is 1. The largest absolute Gasteiger partial charge is 0.307 e. The monoisotopic (exact) mass is 275 g/mol. The molecule has 19 heavy (non-hydrogen) atoms. The molecule has 1 aliphatic heterocycles. The molecule has 3 rings (SSSR count). The lowest BCUT2D eigenvalue weighted by Gasteiger charge is -2.37. The number of aryl methyl sites for hydroxylation is 2. The van der Waals surface area contributed by atoms with E-state index in [1.54, 1.807) is 16.7 Å². The topological polar surface area (TPSA) is 12.0 Å². The van der Waals surface area contributed by atoms with Crippen LogP contribution < -0.4 is 5.32 Å². The van der Waals surface area contributed by atoms with Gasteiger partial charge in [0.15, 0.2) is 0 Å². The highest BCUT2D eigenvalue weighted by molar-refractivity contribution is 8.00. The molecular weight excluding hydrogens is 250 g/mol. The van der Waals surface area contributed by atoms with Crippen LogP contribution in [-0.2, 0) is 12.8 Å². The Morgan fingerprint density at radius 2 is 1.84 bits per heavy atom. The zero-order valence-electron chi connectivity index (χ0n) is 12.5. The van der Waals surface area contributed by atoms with Crippen molar-refractivity contribution in [3.8, 4) is 0 Å². The minimum Gasteiger partial charge on any atom is -0.307 e. The first-order valence-electron chi connectivity index (χ1n) is 7.64. The van der Waals surface area contributed by atoms with E-state index in [1.807, 2.05) is 0 Å². The van der Waals surface area contributed by atoms with Crippen molar-refractivity contribution in [1.29, 1.82) is 0 Å². The van der Waals surface area contributed by atoms with Crippen LogP contribution >= 0.6 is 11.8 Å². The van der Waals surface area contributed by atoms with Crippen LogP contribution in [-0.4, -0.2) is 11.3 Å². The van der Waals surface area contributed by atoms with Crippen molar-refractivity contribution >= 4 is 11.8 Å². The van der Waals surface area contributed by atoms with Crippen LogP contribution in [0.15, 0.2) is 17.0 Å². The van der Waals surface area contributed by atoms with Gasteiger partial charge in [-0.2, -0.15) is 0 Å². The third kappa shape index (κ3) is 2.45. The standard InChI is InChI=1S/C17H25NS/c1-10(2)18-17-11(3)12(4)19-16-9-14-7-5-6-13(14)8-15(16)17/h8-12,17-18H,5-7H2,1-4H3. The molecule has 0 saturated carbocycles. The first kappa shape index (κ1) is 13.5. The molecule has 0 spiro atoms. The van der Waals surface area contributed by atoms with Crippen LogP contribution in [0.3, 0.4) is 0 Å². The number of rotatable bonds is 2. The second-order valence-electron chi connectivity index (χ2n) is 6.49. The second kappa shape index (κ2) is 5.14. The summed E-state index contributed by atoms with van der Waals surface area (Å²) in [5.41, 5.74) is 4.78. The van der Waals surface area contributed by atoms with E-state index in [9.17, 15) is 0 Å². The molecule has 2 heteroatoms. The van der Waals surface area contributed by atoms with Crippen molar-refractivity contribution in [2.45, 2.75) is 69.2 Å². The molecule has 1 N–H and O–H groups in total. The second-order valence-corrected chi connectivity index (χ2v) is 7.91. The Labute approximate surface area is 121 Å². The highest BCUT2D eigenvalue weighted by Crippen LogP contribution is 2.46. The Balaban J connectivity index is 2.02. The third-order valence-electron chi connectivity index (χ3n) is 4.65. The Kier molecular flexibility index (Phi) is 3.65. The van der Waals surface area contributed by atoms with Crippen LogP contribution in [0.2, 0.25) is 0 Å². The fourth-order valence-electron chi connectivity index (χ4n) is 3.43. The number of hydrogen-bond donors (Lipinski definition) is 1. The van der Waals surface area contributed by atoms with Gasteiger partial charge in [-0.05, 0) is 47.9 Å². The Morgan fingerprint density at radius 3 is 2.53 bits per heavy atom. The molecule has 3 atom stereocenters. The Bertz CT molecular complexity index is 480. The van der Waals surface area contributed by atoms with E-state index in [1.165, 1.54) is 24.2 Å². The molecule has 1 aliphatic carbocycles. The maximum atomic E-state index is 3.80. The maximum absolute atomic E-state index is 3.80. The molecular formula is C17H25NS. The van der Waals surface area contributed by atoms with Crippen LogP contribution in [0.4, 0.5) is 0 Å². The molecule has 0 bridgehead atoms. The van der Waals surface area contributed by atoms with E-state index in [-0.39, 0.29) is 0 Å². The Morgan fingerprint density at radius 1 is 1.16 bits per heavy atom. The molecule has 3 unspecified atom stereocenters. The van der Waals surface area contributed by atoms with Crippen LogP contribution in [0.5, 0.6) is 0 Å². The van der Waals surface area contributed by atoms with E-state index in [2.05, 4.69) is 56.9 Å². The van der Waals surface area contributed by atoms with Crippen LogP contribution in [0, 0.1) is 5.92 Å². The number of benzene rings is 1. The normalized spacial score (nSPS) is 29.4. The fraction of sp³-hybridized carbons (Fsp3) is 0.647. The van der Waals surface area contributed by atoms with Gasteiger partial charge >= 0.3 is 0 Å². The van der Waals surface area contributed by atoms with Gasteiger partial charge in [-0.25, -0.2) is 0 Å². The molecule has 0 aromatic heterocycles. The summed E-state index contributed by atoms with van der Waals surface area (Å²) in [6.45, 7) is 9.28. The molecule has 104 valence electrons. The number of fused-ring (bicyclic) bond motifs is 2. The zero-order chi connectivity index (χ0) is 13.6. The summed E-state index contributed by atoms with van der Waals surface area (Å²) < 4.78 is 0. The number of hydrogen-bond acceptors (Lipinski definition) is 2. The van der Waals surface area contributed by atoms with Gasteiger partial charge in [0.25, 0.3) is 0 Å². The summed E-state index contributed by atoms with van der Waals surface area (Å²) in [7, 11) is 0. The molecule has 2 aliphatic rings. The molecule has 1 aromatic rings. The van der Waals surface area contributed by atoms with Gasteiger partial charge in [0.05, 0.1) is 0 Å². The summed E-state index contributed by atoms with van der Waals surface area (Å²) in [5.74, 6) is 0.694. The summed E-state index contributed by atoms with van der Waals surface area (Å²) in [4.78, 5) is 1.53. The first-order chi connectivity index (χ1) is 9.06. The minimum absolute atomic E-state index is 0.525. The smallest absolute Gasteiger partial charge is 0.0369 e. The van der Waals surface area contributed by atoms with E-state index in [0.717, 1.165) is 0 Å². The zero-order valence-corrected chi connectivity index (χ0v) is 13.3. The summed E-state index contributed by atoms with van der Waals surface area (Å²) >= 11 is 2.08. The molecule has 0 amide bonds. The molecule has 1 nitrogen and oxygen atoms in total. The van der Waals surface area contributed by atoms with E-state index >= 15 is 0 Å². The van der Waals surface area contributed by atoms with Gasteiger partial charge in [0.2, 0.25) is 0 Å². The van der Waals surface area contributed by atoms with Gasteiger partial charge in [-0.3, -0.25) is 0 Å². The van der Waals surface area contributed by atoms with E-state index in [4.69, 9.17) is 0 Å². The maximum Gasteiger partial charge on any atom is 0.0369 e. The fourth-order valence-corrected chi connectivity index (χ4v) is 4.73. The highest BCUT2D eigenvalue weighted by atomic mass is 32.2. The van der Waals surface area contributed by atoms with Crippen LogP contribution in [0.1, 0.15) is 56.8 Å². The molecule has 0 radical (unpaired) electrons. The predicted octanol–water partition coefficient (Wildman–Crippen LogP) is 4.34. The average Bonchev–Trinajstić information content (AvgIpc) is 2.79. The average molecular weight is 275 g/mol. The lowest BCUT2D eigenvalue weighted by atomic mass is 9.89. The van der Waals surface area contributed by atoms with Gasteiger partial charge in [0.1, 0.15) is 0 Å². The molecule has 0 fully saturated rings. The minimum atomic E-state index is 0.525. The third-order valence-corrected chi connectivity index (χ3v) is 6.06. The van der Waals surface area contributed by atoms with Gasteiger partial charge in [0, 0.05) is 22.2 Å². The molecule has 0 saturated heterocycles. The summed E-state index contributed by atoms with van der Waals surface area (Å²) in [6, 6.07) is 6.06. The van der Waals surface area contributed by atoms with E-state index < -0.39 is 0 Å². The van der Waals surface area contributed by atoms with Crippen molar-refractivity contribution in [2.24, 2.45) is 5.92 Å². The van der Waals surface area contributed by atoms with Crippen molar-refractivity contribution in [2.75, 3.05) is 0 Å². The van der Waals surface area contributed by atoms with E-state index in [0.29, 0.717) is 23.3 Å². The van der Waals surface area contributed by atoms with Gasteiger partial charge in [-0.1, -0.05) is 33.8 Å². The van der Waals surface area contributed by atoms with Crippen molar-refractivity contribution in [1.82, 2.24) is 5.32 Å². The van der Waals surface area contributed by atoms with Crippen molar-refractivity contribution < 1.29 is 0 Å². The lowest BCUT2D eigenvalue weighted by Crippen LogP contribution is -2.38. The Hall–Kier alpha value is -0.470. The number of nitrogens with one attached hydrogen (secondary N) is 1. The van der Waals surface area contributed by atoms with Gasteiger partial charge in [-0.15, -0.1) is 11.8 Å². The highest BCUT2D eigenvalue weighted by Gasteiger charge is 2.33. The lowest BCUT2D eigenvalue weighted by molar-refractivity contribution is 0.348. The van der Waals surface area contributed by atoms with Crippen molar-refractivity contribution in [3.05, 3.63) is 28.8 Å².